The maximum atomic E-state index is 4.77. The predicted octanol–water partition coefficient (Wildman–Crippen LogP) is 4.32. The molecule has 0 amide bonds. The molecule has 3 aromatic rings. The van der Waals surface area contributed by atoms with Crippen molar-refractivity contribution in [2.24, 2.45) is 0 Å². The van der Waals surface area contributed by atoms with Gasteiger partial charge in [-0.15, -0.1) is 35.9 Å². The summed E-state index contributed by atoms with van der Waals surface area (Å²) in [5.74, 6) is 0. The minimum Gasteiger partial charge on any atom is -0.296 e. The van der Waals surface area contributed by atoms with E-state index in [9.17, 15) is 0 Å². The molecule has 0 unspecified atom stereocenters. The van der Waals surface area contributed by atoms with Gasteiger partial charge in [-0.2, -0.15) is 0 Å². The molecule has 0 N–H and O–H groups in total. The molecule has 0 saturated carbocycles. The number of fused-ring (bicyclic) bond motifs is 1. The summed E-state index contributed by atoms with van der Waals surface area (Å²) in [5, 5.41) is 1.19. The summed E-state index contributed by atoms with van der Waals surface area (Å²) in [7, 11) is 0. The first kappa shape index (κ1) is 13.9. The molecule has 19 heavy (non-hydrogen) atoms. The molecule has 2 aromatic carbocycles. The van der Waals surface area contributed by atoms with Crippen LogP contribution in [-0.2, 0) is 20.1 Å². The van der Waals surface area contributed by atoms with Gasteiger partial charge >= 0.3 is 0 Å². The average molecular weight is 425 g/mol. The van der Waals surface area contributed by atoms with Crippen LogP contribution in [-0.4, -0.2) is 4.98 Å². The van der Waals surface area contributed by atoms with Crippen LogP contribution in [0.25, 0.3) is 22.2 Å². The van der Waals surface area contributed by atoms with E-state index in [1.54, 1.807) is 0 Å². The van der Waals surface area contributed by atoms with E-state index >= 15 is 0 Å². The first-order valence-corrected chi connectivity index (χ1v) is 6.10. The Bertz CT molecular complexity index is 705. The standard InChI is InChI=1S/C17H14N.Ir/c1-12-8-9-15-10-11-16(18-17(15)13(12)2)14-6-4-3-5-7-14;/h3-6,8-11H,1-2H3;/q-1;. The number of benzene rings is 2. The van der Waals surface area contributed by atoms with Gasteiger partial charge in [0.25, 0.3) is 0 Å². The summed E-state index contributed by atoms with van der Waals surface area (Å²) in [6.07, 6.45) is 0. The Labute approximate surface area is 127 Å². The summed E-state index contributed by atoms with van der Waals surface area (Å²) in [6.45, 7) is 4.25. The van der Waals surface area contributed by atoms with Gasteiger partial charge in [-0.3, -0.25) is 4.98 Å². The van der Waals surface area contributed by atoms with Crippen LogP contribution in [0.15, 0.2) is 48.5 Å². The van der Waals surface area contributed by atoms with Crippen molar-refractivity contribution in [1.82, 2.24) is 4.98 Å². The van der Waals surface area contributed by atoms with Crippen LogP contribution < -0.4 is 0 Å². The molecule has 0 aliphatic rings. The topological polar surface area (TPSA) is 12.9 Å². The number of aryl methyl sites for hydroxylation is 2. The van der Waals surface area contributed by atoms with Crippen LogP contribution >= 0.6 is 0 Å². The van der Waals surface area contributed by atoms with Gasteiger partial charge in [-0.1, -0.05) is 24.3 Å². The minimum absolute atomic E-state index is 0. The first-order chi connectivity index (χ1) is 8.75. The number of pyridine rings is 1. The van der Waals surface area contributed by atoms with E-state index in [1.807, 2.05) is 24.3 Å². The van der Waals surface area contributed by atoms with Crippen molar-refractivity contribution in [2.75, 3.05) is 0 Å². The molecule has 2 heteroatoms. The number of hydrogen-bond donors (Lipinski definition) is 0. The number of hydrogen-bond acceptors (Lipinski definition) is 1. The van der Waals surface area contributed by atoms with Crippen molar-refractivity contribution >= 4 is 10.9 Å². The van der Waals surface area contributed by atoms with E-state index in [-0.39, 0.29) is 20.1 Å². The molecule has 97 valence electrons. The fourth-order valence-electron chi connectivity index (χ4n) is 2.13. The molecular formula is C17H14IrN-. The third-order valence-electron chi connectivity index (χ3n) is 3.37. The molecule has 0 spiro atoms. The smallest absolute Gasteiger partial charge is 0.0627 e. The molecule has 1 aromatic heterocycles. The SMILES string of the molecule is Cc1ccc2ccc(-c3[c-]cccc3)nc2c1C.[Ir]. The maximum Gasteiger partial charge on any atom is 0.0627 e. The van der Waals surface area contributed by atoms with Gasteiger partial charge < -0.3 is 0 Å². The summed E-state index contributed by atoms with van der Waals surface area (Å²) < 4.78 is 0. The van der Waals surface area contributed by atoms with E-state index in [4.69, 9.17) is 4.98 Å². The normalized spacial score (nSPS) is 10.2. The van der Waals surface area contributed by atoms with Crippen molar-refractivity contribution in [2.45, 2.75) is 13.8 Å². The van der Waals surface area contributed by atoms with Gasteiger partial charge in [0.05, 0.1) is 5.52 Å². The zero-order valence-electron chi connectivity index (χ0n) is 10.9. The molecule has 0 aliphatic carbocycles. The zero-order valence-corrected chi connectivity index (χ0v) is 13.3. The Kier molecular flexibility index (Phi) is 4.14. The monoisotopic (exact) mass is 425 g/mol. The quantitative estimate of drug-likeness (QED) is 0.531. The molecule has 1 heterocycles. The van der Waals surface area contributed by atoms with Gasteiger partial charge in [0, 0.05) is 20.1 Å². The Hall–Kier alpha value is -1.50. The van der Waals surface area contributed by atoms with E-state index < -0.39 is 0 Å². The third-order valence-corrected chi connectivity index (χ3v) is 3.37. The maximum absolute atomic E-state index is 4.77. The Morgan fingerprint density at radius 2 is 1.74 bits per heavy atom. The van der Waals surface area contributed by atoms with E-state index in [1.165, 1.54) is 16.5 Å². The first-order valence-electron chi connectivity index (χ1n) is 6.10. The molecule has 0 saturated heterocycles. The number of nitrogens with zero attached hydrogens (tertiary/aromatic N) is 1. The van der Waals surface area contributed by atoms with Crippen LogP contribution in [0, 0.1) is 19.9 Å². The third kappa shape index (κ3) is 2.60. The van der Waals surface area contributed by atoms with Crippen LogP contribution in [0.5, 0.6) is 0 Å². The van der Waals surface area contributed by atoms with Gasteiger partial charge in [-0.25, -0.2) is 0 Å². The van der Waals surface area contributed by atoms with Gasteiger partial charge in [0.2, 0.25) is 0 Å². The van der Waals surface area contributed by atoms with E-state index in [0.717, 1.165) is 16.8 Å². The molecule has 1 radical (unpaired) electrons. The second-order valence-corrected chi connectivity index (χ2v) is 4.55. The van der Waals surface area contributed by atoms with E-state index in [2.05, 4.69) is 44.2 Å². The number of rotatable bonds is 1. The fourth-order valence-corrected chi connectivity index (χ4v) is 2.13. The van der Waals surface area contributed by atoms with Crippen LogP contribution in [0.2, 0.25) is 0 Å². The summed E-state index contributed by atoms with van der Waals surface area (Å²) in [4.78, 5) is 4.77. The minimum atomic E-state index is 0. The van der Waals surface area contributed by atoms with Crippen molar-refractivity contribution in [1.29, 1.82) is 0 Å². The van der Waals surface area contributed by atoms with Crippen molar-refractivity contribution < 1.29 is 20.1 Å². The summed E-state index contributed by atoms with van der Waals surface area (Å²) >= 11 is 0. The van der Waals surface area contributed by atoms with Gasteiger partial charge in [-0.05, 0) is 36.1 Å². The summed E-state index contributed by atoms with van der Waals surface area (Å²) in [6, 6.07) is 19.6. The number of aromatic nitrogens is 1. The van der Waals surface area contributed by atoms with Crippen molar-refractivity contribution in [3.05, 3.63) is 65.7 Å². The Balaban J connectivity index is 0.00000133. The molecule has 0 atom stereocenters. The van der Waals surface area contributed by atoms with Crippen LogP contribution in [0.4, 0.5) is 0 Å². The Morgan fingerprint density at radius 3 is 2.47 bits per heavy atom. The van der Waals surface area contributed by atoms with Gasteiger partial charge in [0.15, 0.2) is 0 Å². The molecule has 0 bridgehead atoms. The molecule has 1 nitrogen and oxygen atoms in total. The molecule has 0 fully saturated rings. The van der Waals surface area contributed by atoms with Crippen molar-refractivity contribution in [3.8, 4) is 11.3 Å². The average Bonchev–Trinajstić information content (AvgIpc) is 2.44. The second-order valence-electron chi connectivity index (χ2n) is 4.55. The fraction of sp³-hybridized carbons (Fsp3) is 0.118. The van der Waals surface area contributed by atoms with Crippen LogP contribution in [0.3, 0.4) is 0 Å². The van der Waals surface area contributed by atoms with Gasteiger partial charge in [0.1, 0.15) is 0 Å². The van der Waals surface area contributed by atoms with E-state index in [0.29, 0.717) is 0 Å². The largest absolute Gasteiger partial charge is 0.296 e. The second kappa shape index (κ2) is 5.64. The predicted molar refractivity (Wildman–Crippen MR) is 75.5 cm³/mol. The zero-order chi connectivity index (χ0) is 12.5. The molecular weight excluding hydrogens is 410 g/mol. The van der Waals surface area contributed by atoms with Crippen molar-refractivity contribution in [3.63, 3.8) is 0 Å². The van der Waals surface area contributed by atoms with Crippen LogP contribution in [0.1, 0.15) is 11.1 Å². The Morgan fingerprint density at radius 1 is 0.947 bits per heavy atom. The molecule has 0 aliphatic heterocycles. The molecule has 3 rings (SSSR count). The summed E-state index contributed by atoms with van der Waals surface area (Å²) in [5.41, 5.74) is 5.65.